The molecule has 3 rings (SSSR count). The monoisotopic (exact) mass is 399 g/mol. The first-order valence-corrected chi connectivity index (χ1v) is 8.59. The third-order valence-corrected chi connectivity index (χ3v) is 4.07. The average molecular weight is 399 g/mol. The molecule has 3 aromatic rings. The molecular weight excluding hydrogens is 383 g/mol. The summed E-state index contributed by atoms with van der Waals surface area (Å²) in [6, 6.07) is 14.5. The minimum absolute atomic E-state index is 0.0435. The maximum Gasteiger partial charge on any atom is 0.417 e. The van der Waals surface area contributed by atoms with Crippen LogP contribution in [0.15, 0.2) is 73.1 Å². The van der Waals surface area contributed by atoms with Gasteiger partial charge in [-0.3, -0.25) is 14.6 Å². The maximum atomic E-state index is 13.0. The van der Waals surface area contributed by atoms with Crippen LogP contribution in [-0.2, 0) is 12.7 Å². The van der Waals surface area contributed by atoms with Gasteiger partial charge in [0.25, 0.3) is 11.8 Å². The van der Waals surface area contributed by atoms with Crippen LogP contribution in [0.5, 0.6) is 0 Å². The number of halogens is 3. The molecule has 0 spiro atoms. The number of nitrogens with zero attached hydrogens (tertiary/aromatic N) is 1. The second-order valence-electron chi connectivity index (χ2n) is 6.12. The molecule has 2 amide bonds. The first kappa shape index (κ1) is 20.1. The van der Waals surface area contributed by atoms with Gasteiger partial charge in [0.1, 0.15) is 0 Å². The summed E-state index contributed by atoms with van der Waals surface area (Å²) in [6.07, 6.45) is -1.60. The van der Waals surface area contributed by atoms with Gasteiger partial charge < -0.3 is 10.6 Å². The molecule has 1 aromatic heterocycles. The third-order valence-electron chi connectivity index (χ3n) is 4.07. The fraction of sp³-hybridized carbons (Fsp3) is 0.0952. The summed E-state index contributed by atoms with van der Waals surface area (Å²) in [6.45, 7) is 0.0435. The second kappa shape index (κ2) is 8.55. The number of nitrogens with one attached hydrogen (secondary N) is 2. The Morgan fingerprint density at radius 1 is 0.897 bits per heavy atom. The van der Waals surface area contributed by atoms with Crippen LogP contribution in [-0.4, -0.2) is 16.8 Å². The number of amides is 2. The fourth-order valence-electron chi connectivity index (χ4n) is 2.61. The van der Waals surface area contributed by atoms with E-state index in [9.17, 15) is 22.8 Å². The molecule has 0 atom stereocenters. The van der Waals surface area contributed by atoms with Crippen molar-refractivity contribution in [3.63, 3.8) is 0 Å². The lowest BCUT2D eigenvalue weighted by Crippen LogP contribution is -2.25. The quantitative estimate of drug-likeness (QED) is 0.673. The first-order valence-electron chi connectivity index (χ1n) is 8.59. The van der Waals surface area contributed by atoms with E-state index in [1.807, 2.05) is 0 Å². The van der Waals surface area contributed by atoms with Gasteiger partial charge in [-0.15, -0.1) is 0 Å². The van der Waals surface area contributed by atoms with Crippen LogP contribution in [0.3, 0.4) is 0 Å². The van der Waals surface area contributed by atoms with Gasteiger partial charge in [0.05, 0.1) is 16.7 Å². The van der Waals surface area contributed by atoms with Gasteiger partial charge in [-0.2, -0.15) is 13.2 Å². The largest absolute Gasteiger partial charge is 0.417 e. The van der Waals surface area contributed by atoms with Gasteiger partial charge in [-0.1, -0.05) is 24.3 Å². The summed E-state index contributed by atoms with van der Waals surface area (Å²) in [5, 5.41) is 5.19. The molecule has 2 aromatic carbocycles. The van der Waals surface area contributed by atoms with Gasteiger partial charge in [-0.25, -0.2) is 0 Å². The fourth-order valence-corrected chi connectivity index (χ4v) is 2.61. The van der Waals surface area contributed by atoms with E-state index in [1.165, 1.54) is 18.3 Å². The smallest absolute Gasteiger partial charge is 0.348 e. The van der Waals surface area contributed by atoms with Crippen molar-refractivity contribution in [1.29, 1.82) is 0 Å². The summed E-state index contributed by atoms with van der Waals surface area (Å²) in [4.78, 5) is 28.1. The molecular formula is C21H16F3N3O2. The van der Waals surface area contributed by atoms with Crippen LogP contribution in [0.2, 0.25) is 0 Å². The number of hydrogen-bond acceptors (Lipinski definition) is 3. The zero-order valence-electron chi connectivity index (χ0n) is 15.0. The Morgan fingerprint density at radius 2 is 1.62 bits per heavy atom. The predicted molar refractivity (Wildman–Crippen MR) is 101 cm³/mol. The number of rotatable bonds is 5. The molecule has 0 aliphatic carbocycles. The molecule has 5 nitrogen and oxygen atoms in total. The maximum absolute atomic E-state index is 13.0. The molecule has 29 heavy (non-hydrogen) atoms. The number of hydrogen-bond donors (Lipinski definition) is 2. The van der Waals surface area contributed by atoms with Crippen LogP contribution in [0, 0.1) is 0 Å². The lowest BCUT2D eigenvalue weighted by molar-refractivity contribution is -0.137. The molecule has 2 N–H and O–H groups in total. The molecule has 0 fully saturated rings. The normalized spacial score (nSPS) is 11.0. The highest BCUT2D eigenvalue weighted by molar-refractivity contribution is 6.04. The van der Waals surface area contributed by atoms with Crippen molar-refractivity contribution in [3.05, 3.63) is 95.3 Å². The number of carbonyl (C=O) groups is 2. The van der Waals surface area contributed by atoms with Crippen molar-refractivity contribution in [2.24, 2.45) is 0 Å². The van der Waals surface area contributed by atoms with E-state index in [1.54, 1.807) is 42.6 Å². The standard InChI is InChI=1S/C21H16F3N3O2/c22-21(23,24)18-6-2-1-5-17(18)20(29)26-12-14-7-9-16(10-8-14)27-19(28)15-4-3-11-25-13-15/h1-11,13H,12H2,(H,26,29)(H,27,28). The SMILES string of the molecule is O=C(Nc1ccc(CNC(=O)c2ccccc2C(F)(F)F)cc1)c1cccnc1. The molecule has 0 saturated carbocycles. The summed E-state index contributed by atoms with van der Waals surface area (Å²) in [5.74, 6) is -1.13. The minimum Gasteiger partial charge on any atom is -0.348 e. The number of pyridine rings is 1. The Morgan fingerprint density at radius 3 is 2.28 bits per heavy atom. The third kappa shape index (κ3) is 5.19. The molecule has 1 heterocycles. The molecule has 0 unspecified atom stereocenters. The Labute approximate surface area is 164 Å². The van der Waals surface area contributed by atoms with Gasteiger partial charge in [0.2, 0.25) is 0 Å². The summed E-state index contributed by atoms with van der Waals surface area (Å²) in [5.41, 5.74) is 0.206. The molecule has 148 valence electrons. The Bertz CT molecular complexity index is 1000. The highest BCUT2D eigenvalue weighted by Crippen LogP contribution is 2.31. The zero-order chi connectivity index (χ0) is 20.9. The summed E-state index contributed by atoms with van der Waals surface area (Å²) in [7, 11) is 0. The number of carbonyl (C=O) groups excluding carboxylic acids is 2. The van der Waals surface area contributed by atoms with E-state index >= 15 is 0 Å². The summed E-state index contributed by atoms with van der Waals surface area (Å²) >= 11 is 0. The Kier molecular flexibility index (Phi) is 5.92. The molecule has 0 aliphatic heterocycles. The van der Waals surface area contributed by atoms with Crippen molar-refractivity contribution in [2.75, 3.05) is 5.32 Å². The lowest BCUT2D eigenvalue weighted by Gasteiger charge is -2.13. The van der Waals surface area contributed by atoms with Crippen LogP contribution >= 0.6 is 0 Å². The zero-order valence-corrected chi connectivity index (χ0v) is 15.0. The van der Waals surface area contributed by atoms with Crippen molar-refractivity contribution in [3.8, 4) is 0 Å². The average Bonchev–Trinajstić information content (AvgIpc) is 2.73. The van der Waals surface area contributed by atoms with E-state index in [2.05, 4.69) is 15.6 Å². The predicted octanol–water partition coefficient (Wildman–Crippen LogP) is 4.28. The molecule has 8 heteroatoms. The topological polar surface area (TPSA) is 71.1 Å². The molecule has 0 saturated heterocycles. The van der Waals surface area contributed by atoms with Crippen molar-refractivity contribution >= 4 is 17.5 Å². The van der Waals surface area contributed by atoms with E-state index < -0.39 is 23.2 Å². The van der Waals surface area contributed by atoms with Crippen LogP contribution in [0.1, 0.15) is 31.8 Å². The van der Waals surface area contributed by atoms with Crippen LogP contribution in [0.4, 0.5) is 18.9 Å². The van der Waals surface area contributed by atoms with Gasteiger partial charge in [-0.05, 0) is 42.0 Å². The second-order valence-corrected chi connectivity index (χ2v) is 6.12. The highest BCUT2D eigenvalue weighted by atomic mass is 19.4. The minimum atomic E-state index is -4.61. The van der Waals surface area contributed by atoms with E-state index in [0.717, 1.165) is 12.1 Å². The van der Waals surface area contributed by atoms with Crippen molar-refractivity contribution in [2.45, 2.75) is 12.7 Å². The molecule has 0 aliphatic rings. The van der Waals surface area contributed by atoms with Gasteiger partial charge in [0.15, 0.2) is 0 Å². The summed E-state index contributed by atoms with van der Waals surface area (Å²) < 4.78 is 39.1. The molecule has 0 bridgehead atoms. The lowest BCUT2D eigenvalue weighted by atomic mass is 10.1. The number of benzene rings is 2. The number of anilines is 1. The number of aromatic nitrogens is 1. The highest BCUT2D eigenvalue weighted by Gasteiger charge is 2.34. The first-order chi connectivity index (χ1) is 13.8. The van der Waals surface area contributed by atoms with Gasteiger partial charge >= 0.3 is 6.18 Å². The molecule has 0 radical (unpaired) electrons. The Hall–Kier alpha value is -3.68. The van der Waals surface area contributed by atoms with Crippen molar-refractivity contribution < 1.29 is 22.8 Å². The van der Waals surface area contributed by atoms with Gasteiger partial charge in [0, 0.05) is 24.6 Å². The number of alkyl halides is 3. The van der Waals surface area contributed by atoms with Crippen molar-refractivity contribution in [1.82, 2.24) is 10.3 Å². The van der Waals surface area contributed by atoms with Crippen LogP contribution in [0.25, 0.3) is 0 Å². The van der Waals surface area contributed by atoms with E-state index in [4.69, 9.17) is 0 Å². The van der Waals surface area contributed by atoms with E-state index in [0.29, 0.717) is 16.8 Å². The van der Waals surface area contributed by atoms with E-state index in [-0.39, 0.29) is 12.5 Å². The Balaban J connectivity index is 1.61. The van der Waals surface area contributed by atoms with Crippen LogP contribution < -0.4 is 10.6 Å².